The van der Waals surface area contributed by atoms with Crippen LogP contribution < -0.4 is 5.32 Å². The highest BCUT2D eigenvalue weighted by atomic mass is 32.1. The zero-order valence-corrected chi connectivity index (χ0v) is 15.2. The van der Waals surface area contributed by atoms with Gasteiger partial charge in [0.05, 0.1) is 6.04 Å². The van der Waals surface area contributed by atoms with Gasteiger partial charge in [-0.2, -0.15) is 0 Å². The van der Waals surface area contributed by atoms with Gasteiger partial charge in [-0.15, -0.1) is 11.3 Å². The smallest absolute Gasteiger partial charge is 0.408 e. The lowest BCUT2D eigenvalue weighted by Crippen LogP contribution is -2.30. The number of ether oxygens (including phenoxy) is 1. The minimum Gasteiger partial charge on any atom is -0.476 e. The molecular formula is C20H18N2O4S. The van der Waals surface area contributed by atoms with Crippen molar-refractivity contribution >= 4 is 23.4 Å². The maximum absolute atomic E-state index is 12.3. The van der Waals surface area contributed by atoms with Crippen LogP contribution in [0, 0.1) is 0 Å². The van der Waals surface area contributed by atoms with Gasteiger partial charge in [0.25, 0.3) is 0 Å². The number of rotatable bonds is 7. The van der Waals surface area contributed by atoms with Crippen LogP contribution in [0.15, 0.2) is 66.0 Å². The summed E-state index contributed by atoms with van der Waals surface area (Å²) in [6.07, 6.45) is -0.0970. The molecule has 0 spiro atoms. The van der Waals surface area contributed by atoms with Crippen LogP contribution in [-0.4, -0.2) is 22.2 Å². The van der Waals surface area contributed by atoms with Gasteiger partial charge in [0.1, 0.15) is 11.6 Å². The predicted molar refractivity (Wildman–Crippen MR) is 102 cm³/mol. The standard InChI is InChI=1S/C20H18N2O4S/c23-19(24)17-13-27-18(21-17)16(11-14-7-3-1-4-8-14)22-20(25)26-12-15-9-5-2-6-10-15/h1-10,13,16H,11-12H2,(H,22,25)(H,23,24)/t16-/m0/s1. The van der Waals surface area contributed by atoms with Crippen LogP contribution in [0.3, 0.4) is 0 Å². The number of hydrogen-bond acceptors (Lipinski definition) is 5. The molecule has 3 aromatic rings. The van der Waals surface area contributed by atoms with Crippen molar-refractivity contribution in [3.8, 4) is 0 Å². The van der Waals surface area contributed by atoms with Gasteiger partial charge in [-0.05, 0) is 17.5 Å². The summed E-state index contributed by atoms with van der Waals surface area (Å²) in [6, 6.07) is 18.5. The normalized spacial score (nSPS) is 11.6. The topological polar surface area (TPSA) is 88.5 Å². The summed E-state index contributed by atoms with van der Waals surface area (Å²) in [5.41, 5.74) is 1.85. The maximum atomic E-state index is 12.3. The molecule has 6 nitrogen and oxygen atoms in total. The zero-order chi connectivity index (χ0) is 19.1. The second-order valence-corrected chi connectivity index (χ2v) is 6.71. The average Bonchev–Trinajstić information content (AvgIpc) is 3.18. The molecule has 0 aliphatic rings. The van der Waals surface area contributed by atoms with E-state index in [-0.39, 0.29) is 12.3 Å². The third-order valence-corrected chi connectivity index (χ3v) is 4.79. The molecule has 2 aromatic carbocycles. The molecule has 27 heavy (non-hydrogen) atoms. The first-order valence-corrected chi connectivity index (χ1v) is 9.19. The quantitative estimate of drug-likeness (QED) is 0.643. The Morgan fingerprint density at radius 3 is 2.26 bits per heavy atom. The van der Waals surface area contributed by atoms with Crippen LogP contribution >= 0.6 is 11.3 Å². The third kappa shape index (κ3) is 5.39. The molecular weight excluding hydrogens is 364 g/mol. The molecule has 138 valence electrons. The fourth-order valence-electron chi connectivity index (χ4n) is 2.50. The number of aromatic nitrogens is 1. The predicted octanol–water partition coefficient (Wildman–Crippen LogP) is 4.05. The summed E-state index contributed by atoms with van der Waals surface area (Å²) in [7, 11) is 0. The number of carbonyl (C=O) groups excluding carboxylic acids is 1. The van der Waals surface area contributed by atoms with Gasteiger partial charge in [-0.3, -0.25) is 0 Å². The minimum absolute atomic E-state index is 0.0347. The highest BCUT2D eigenvalue weighted by Crippen LogP contribution is 2.23. The van der Waals surface area contributed by atoms with Gasteiger partial charge in [0.15, 0.2) is 5.69 Å². The van der Waals surface area contributed by atoms with Crippen molar-refractivity contribution in [2.24, 2.45) is 0 Å². The number of amides is 1. The van der Waals surface area contributed by atoms with Gasteiger partial charge in [0, 0.05) is 5.38 Å². The lowest BCUT2D eigenvalue weighted by atomic mass is 10.1. The van der Waals surface area contributed by atoms with Crippen molar-refractivity contribution in [1.29, 1.82) is 0 Å². The van der Waals surface area contributed by atoms with Crippen molar-refractivity contribution in [3.05, 3.63) is 87.9 Å². The van der Waals surface area contributed by atoms with Crippen LogP contribution in [0.1, 0.15) is 32.7 Å². The summed E-state index contributed by atoms with van der Waals surface area (Å²) < 4.78 is 5.28. The van der Waals surface area contributed by atoms with E-state index in [1.807, 2.05) is 60.7 Å². The van der Waals surface area contributed by atoms with Crippen LogP contribution in [0.2, 0.25) is 0 Å². The van der Waals surface area contributed by atoms with Gasteiger partial charge < -0.3 is 15.2 Å². The van der Waals surface area contributed by atoms with Gasteiger partial charge >= 0.3 is 12.1 Å². The summed E-state index contributed by atoms with van der Waals surface area (Å²) in [5, 5.41) is 13.9. The lowest BCUT2D eigenvalue weighted by Gasteiger charge is -2.17. The molecule has 0 aliphatic carbocycles. The molecule has 3 rings (SSSR count). The Balaban J connectivity index is 1.70. The van der Waals surface area contributed by atoms with E-state index in [2.05, 4.69) is 10.3 Å². The summed E-state index contributed by atoms with van der Waals surface area (Å²) in [4.78, 5) is 27.5. The number of thiazole rings is 1. The van der Waals surface area contributed by atoms with E-state index >= 15 is 0 Å². The Labute approximate surface area is 160 Å². The summed E-state index contributed by atoms with van der Waals surface area (Å²) >= 11 is 1.20. The number of aromatic carboxylic acids is 1. The Kier molecular flexibility index (Phi) is 6.17. The summed E-state index contributed by atoms with van der Waals surface area (Å²) in [6.45, 7) is 0.156. The van der Waals surface area contributed by atoms with E-state index < -0.39 is 18.1 Å². The lowest BCUT2D eigenvalue weighted by molar-refractivity contribution is 0.0691. The maximum Gasteiger partial charge on any atom is 0.408 e. The van der Waals surface area contributed by atoms with E-state index in [1.165, 1.54) is 16.7 Å². The molecule has 0 radical (unpaired) electrons. The molecule has 1 aromatic heterocycles. The highest BCUT2D eigenvalue weighted by Gasteiger charge is 2.21. The first kappa shape index (κ1) is 18.6. The van der Waals surface area contributed by atoms with E-state index in [4.69, 9.17) is 9.84 Å². The SMILES string of the molecule is O=C(N[C@@H](Cc1ccccc1)c1nc(C(=O)O)cs1)OCc1ccccc1. The van der Waals surface area contributed by atoms with E-state index in [1.54, 1.807) is 0 Å². The number of nitrogens with zero attached hydrogens (tertiary/aromatic N) is 1. The van der Waals surface area contributed by atoms with E-state index in [0.717, 1.165) is 11.1 Å². The fourth-order valence-corrected chi connectivity index (χ4v) is 3.35. The molecule has 7 heteroatoms. The molecule has 1 atom stereocenters. The van der Waals surface area contributed by atoms with Crippen molar-refractivity contribution in [3.63, 3.8) is 0 Å². The van der Waals surface area contributed by atoms with E-state index in [0.29, 0.717) is 11.4 Å². The molecule has 0 bridgehead atoms. The zero-order valence-electron chi connectivity index (χ0n) is 14.4. The molecule has 0 saturated heterocycles. The molecule has 0 saturated carbocycles. The first-order valence-electron chi connectivity index (χ1n) is 8.31. The Morgan fingerprint density at radius 2 is 1.67 bits per heavy atom. The Hall–Kier alpha value is -3.19. The van der Waals surface area contributed by atoms with Crippen LogP contribution in [0.25, 0.3) is 0 Å². The molecule has 0 unspecified atom stereocenters. The largest absolute Gasteiger partial charge is 0.476 e. The summed E-state index contributed by atoms with van der Waals surface area (Å²) in [5.74, 6) is -1.09. The van der Waals surface area contributed by atoms with Crippen LogP contribution in [0.5, 0.6) is 0 Å². The fraction of sp³-hybridized carbons (Fsp3) is 0.150. The van der Waals surface area contributed by atoms with Crippen molar-refractivity contribution < 1.29 is 19.4 Å². The van der Waals surface area contributed by atoms with Crippen LogP contribution in [-0.2, 0) is 17.8 Å². The minimum atomic E-state index is -1.09. The second kappa shape index (κ2) is 8.95. The number of carboxylic acids is 1. The van der Waals surface area contributed by atoms with Gasteiger partial charge in [-0.25, -0.2) is 14.6 Å². The Bertz CT molecular complexity index is 897. The third-order valence-electron chi connectivity index (χ3n) is 3.83. The van der Waals surface area contributed by atoms with Crippen molar-refractivity contribution in [2.75, 3.05) is 0 Å². The number of carbonyl (C=O) groups is 2. The van der Waals surface area contributed by atoms with Crippen molar-refractivity contribution in [2.45, 2.75) is 19.1 Å². The van der Waals surface area contributed by atoms with Gasteiger partial charge in [0.2, 0.25) is 0 Å². The Morgan fingerprint density at radius 1 is 1.04 bits per heavy atom. The van der Waals surface area contributed by atoms with E-state index in [9.17, 15) is 9.59 Å². The monoisotopic (exact) mass is 382 g/mol. The molecule has 0 aliphatic heterocycles. The highest BCUT2D eigenvalue weighted by molar-refractivity contribution is 7.09. The number of nitrogens with one attached hydrogen (secondary N) is 1. The molecule has 1 heterocycles. The van der Waals surface area contributed by atoms with Gasteiger partial charge in [-0.1, -0.05) is 60.7 Å². The first-order chi connectivity index (χ1) is 13.1. The second-order valence-electron chi connectivity index (χ2n) is 5.82. The molecule has 0 fully saturated rings. The van der Waals surface area contributed by atoms with Crippen LogP contribution in [0.4, 0.5) is 4.79 Å². The number of carboxylic acid groups (broad SMARTS) is 1. The molecule has 2 N–H and O–H groups in total. The average molecular weight is 382 g/mol. The van der Waals surface area contributed by atoms with Crippen molar-refractivity contribution in [1.82, 2.24) is 10.3 Å². The molecule has 1 amide bonds. The number of hydrogen-bond donors (Lipinski definition) is 2. The number of alkyl carbamates (subject to hydrolysis) is 1. The number of benzene rings is 2.